The van der Waals surface area contributed by atoms with Crippen molar-refractivity contribution in [2.24, 2.45) is 7.05 Å². The van der Waals surface area contributed by atoms with Crippen molar-refractivity contribution in [2.45, 2.75) is 13.3 Å². The third kappa shape index (κ3) is 3.35. The van der Waals surface area contributed by atoms with Gasteiger partial charge in [-0.1, -0.05) is 12.1 Å². The fourth-order valence-corrected chi connectivity index (χ4v) is 3.03. The van der Waals surface area contributed by atoms with Gasteiger partial charge in [0.05, 0.1) is 25.3 Å². The Bertz CT molecular complexity index is 922. The number of carbonyl (C=O) groups excluding carboxylic acids is 1. The molecule has 0 fully saturated rings. The van der Waals surface area contributed by atoms with E-state index in [0.29, 0.717) is 30.0 Å². The summed E-state index contributed by atoms with van der Waals surface area (Å²) in [4.78, 5) is 17.1. The second kappa shape index (κ2) is 7.47. The second-order valence-electron chi connectivity index (χ2n) is 6.09. The minimum Gasteiger partial charge on any atom is -0.496 e. The molecule has 0 aliphatic carbocycles. The SMILES string of the molecule is COc1cc(C(=O)NCCc2nc3ccccc3n2C)cc(OC)c1C. The number of fused-ring (bicyclic) bond motifs is 1. The average Bonchev–Trinajstić information content (AvgIpc) is 2.98. The highest BCUT2D eigenvalue weighted by Gasteiger charge is 2.14. The lowest BCUT2D eigenvalue weighted by Crippen LogP contribution is -2.26. The molecule has 0 spiro atoms. The van der Waals surface area contributed by atoms with Gasteiger partial charge in [0.15, 0.2) is 0 Å². The molecule has 1 amide bonds. The second-order valence-corrected chi connectivity index (χ2v) is 6.09. The topological polar surface area (TPSA) is 65.4 Å². The summed E-state index contributed by atoms with van der Waals surface area (Å²) in [5, 5.41) is 2.94. The Morgan fingerprint density at radius 3 is 2.42 bits per heavy atom. The first kappa shape index (κ1) is 17.8. The maximum atomic E-state index is 12.5. The summed E-state index contributed by atoms with van der Waals surface area (Å²) in [6, 6.07) is 11.4. The third-order valence-corrected chi connectivity index (χ3v) is 4.53. The van der Waals surface area contributed by atoms with Crippen molar-refractivity contribution < 1.29 is 14.3 Å². The minimum atomic E-state index is -0.166. The van der Waals surface area contributed by atoms with Gasteiger partial charge in [0, 0.05) is 31.1 Å². The van der Waals surface area contributed by atoms with Crippen LogP contribution in [0.2, 0.25) is 0 Å². The Balaban J connectivity index is 1.70. The van der Waals surface area contributed by atoms with E-state index in [2.05, 4.69) is 14.9 Å². The zero-order valence-corrected chi connectivity index (χ0v) is 15.5. The molecule has 0 aliphatic rings. The fraction of sp³-hybridized carbons (Fsp3) is 0.300. The number of methoxy groups -OCH3 is 2. The highest BCUT2D eigenvalue weighted by atomic mass is 16.5. The predicted octanol–water partition coefficient (Wildman–Crippen LogP) is 2.87. The smallest absolute Gasteiger partial charge is 0.251 e. The molecular formula is C20H23N3O3. The Kier molecular flexibility index (Phi) is 5.11. The van der Waals surface area contributed by atoms with E-state index in [1.807, 2.05) is 38.2 Å². The molecule has 136 valence electrons. The summed E-state index contributed by atoms with van der Waals surface area (Å²) in [5.41, 5.74) is 3.42. The zero-order chi connectivity index (χ0) is 18.7. The van der Waals surface area contributed by atoms with Crippen molar-refractivity contribution in [1.82, 2.24) is 14.9 Å². The van der Waals surface area contributed by atoms with Crippen LogP contribution in [0.4, 0.5) is 0 Å². The first-order valence-corrected chi connectivity index (χ1v) is 8.46. The van der Waals surface area contributed by atoms with E-state index in [-0.39, 0.29) is 5.91 Å². The van der Waals surface area contributed by atoms with Gasteiger partial charge in [-0.25, -0.2) is 4.98 Å². The van der Waals surface area contributed by atoms with Crippen molar-refractivity contribution >= 4 is 16.9 Å². The van der Waals surface area contributed by atoms with Crippen LogP contribution in [-0.2, 0) is 13.5 Å². The molecule has 1 aromatic heterocycles. The van der Waals surface area contributed by atoms with Crippen LogP contribution in [0.25, 0.3) is 11.0 Å². The molecule has 0 saturated heterocycles. The number of aryl methyl sites for hydroxylation is 1. The Hall–Kier alpha value is -3.02. The quantitative estimate of drug-likeness (QED) is 0.740. The number of para-hydroxylation sites is 2. The monoisotopic (exact) mass is 353 g/mol. The molecule has 1 N–H and O–H groups in total. The summed E-state index contributed by atoms with van der Waals surface area (Å²) >= 11 is 0. The maximum absolute atomic E-state index is 12.5. The summed E-state index contributed by atoms with van der Waals surface area (Å²) in [6.45, 7) is 2.39. The van der Waals surface area contributed by atoms with E-state index >= 15 is 0 Å². The Morgan fingerprint density at radius 1 is 1.15 bits per heavy atom. The third-order valence-electron chi connectivity index (χ3n) is 4.53. The molecule has 3 rings (SSSR count). The van der Waals surface area contributed by atoms with E-state index < -0.39 is 0 Å². The van der Waals surface area contributed by atoms with Crippen LogP contribution in [0.1, 0.15) is 21.7 Å². The number of ether oxygens (including phenoxy) is 2. The van der Waals surface area contributed by atoms with E-state index in [9.17, 15) is 4.79 Å². The van der Waals surface area contributed by atoms with Crippen molar-refractivity contribution in [3.8, 4) is 11.5 Å². The van der Waals surface area contributed by atoms with Crippen LogP contribution in [0.3, 0.4) is 0 Å². The molecule has 3 aromatic rings. The number of hydrogen-bond acceptors (Lipinski definition) is 4. The molecule has 0 radical (unpaired) electrons. The van der Waals surface area contributed by atoms with Gasteiger partial charge in [-0.2, -0.15) is 0 Å². The van der Waals surface area contributed by atoms with Crippen LogP contribution in [0.15, 0.2) is 36.4 Å². The fourth-order valence-electron chi connectivity index (χ4n) is 3.03. The number of hydrogen-bond donors (Lipinski definition) is 1. The molecule has 0 unspecified atom stereocenters. The molecule has 26 heavy (non-hydrogen) atoms. The number of rotatable bonds is 6. The van der Waals surface area contributed by atoms with E-state index in [1.54, 1.807) is 26.4 Å². The molecule has 0 saturated carbocycles. The van der Waals surface area contributed by atoms with E-state index in [1.165, 1.54) is 0 Å². The molecule has 1 heterocycles. The number of nitrogens with zero attached hydrogens (tertiary/aromatic N) is 2. The molecule has 6 heteroatoms. The van der Waals surface area contributed by atoms with Crippen LogP contribution < -0.4 is 14.8 Å². The van der Waals surface area contributed by atoms with Gasteiger partial charge in [0.2, 0.25) is 0 Å². The summed E-state index contributed by atoms with van der Waals surface area (Å²) in [7, 11) is 5.15. The first-order chi connectivity index (χ1) is 12.5. The molecule has 6 nitrogen and oxygen atoms in total. The van der Waals surface area contributed by atoms with Gasteiger partial charge < -0.3 is 19.4 Å². The lowest BCUT2D eigenvalue weighted by Gasteiger charge is -2.12. The van der Waals surface area contributed by atoms with Crippen molar-refractivity contribution in [1.29, 1.82) is 0 Å². The van der Waals surface area contributed by atoms with Crippen molar-refractivity contribution in [2.75, 3.05) is 20.8 Å². The van der Waals surface area contributed by atoms with Gasteiger partial charge in [0.1, 0.15) is 17.3 Å². The van der Waals surface area contributed by atoms with Crippen LogP contribution in [-0.4, -0.2) is 36.2 Å². The van der Waals surface area contributed by atoms with Gasteiger partial charge >= 0.3 is 0 Å². The van der Waals surface area contributed by atoms with Crippen molar-refractivity contribution in [3.05, 3.63) is 53.3 Å². The minimum absolute atomic E-state index is 0.166. The van der Waals surface area contributed by atoms with Crippen LogP contribution >= 0.6 is 0 Å². The predicted molar refractivity (Wildman–Crippen MR) is 101 cm³/mol. The maximum Gasteiger partial charge on any atom is 0.251 e. The Morgan fingerprint density at radius 2 is 1.81 bits per heavy atom. The van der Waals surface area contributed by atoms with E-state index in [4.69, 9.17) is 9.47 Å². The number of imidazole rings is 1. The molecule has 0 aliphatic heterocycles. The first-order valence-electron chi connectivity index (χ1n) is 8.46. The highest BCUT2D eigenvalue weighted by molar-refractivity contribution is 5.95. The molecular weight excluding hydrogens is 330 g/mol. The van der Waals surface area contributed by atoms with Crippen molar-refractivity contribution in [3.63, 3.8) is 0 Å². The average molecular weight is 353 g/mol. The number of carbonyl (C=O) groups is 1. The van der Waals surface area contributed by atoms with Gasteiger partial charge in [0.25, 0.3) is 5.91 Å². The summed E-state index contributed by atoms with van der Waals surface area (Å²) in [5.74, 6) is 2.03. The summed E-state index contributed by atoms with van der Waals surface area (Å²) < 4.78 is 12.7. The Labute approximate surface area is 152 Å². The van der Waals surface area contributed by atoms with Crippen LogP contribution in [0, 0.1) is 6.92 Å². The molecule has 2 aromatic carbocycles. The lowest BCUT2D eigenvalue weighted by molar-refractivity contribution is 0.0953. The van der Waals surface area contributed by atoms with Gasteiger partial charge in [-0.05, 0) is 31.2 Å². The van der Waals surface area contributed by atoms with Gasteiger partial charge in [-0.15, -0.1) is 0 Å². The number of nitrogens with one attached hydrogen (secondary N) is 1. The van der Waals surface area contributed by atoms with Crippen LogP contribution in [0.5, 0.6) is 11.5 Å². The standard InChI is InChI=1S/C20H23N3O3/c1-13-17(25-3)11-14(12-18(13)26-4)20(24)21-10-9-19-22-15-7-5-6-8-16(15)23(19)2/h5-8,11-12H,9-10H2,1-4H3,(H,21,24). The number of benzene rings is 2. The van der Waals surface area contributed by atoms with E-state index in [0.717, 1.165) is 22.4 Å². The lowest BCUT2D eigenvalue weighted by atomic mass is 10.1. The molecule has 0 bridgehead atoms. The highest BCUT2D eigenvalue weighted by Crippen LogP contribution is 2.29. The largest absolute Gasteiger partial charge is 0.496 e. The zero-order valence-electron chi connectivity index (χ0n) is 15.5. The number of amides is 1. The number of aromatic nitrogens is 2. The normalized spacial score (nSPS) is 10.8. The van der Waals surface area contributed by atoms with Gasteiger partial charge in [-0.3, -0.25) is 4.79 Å². The molecule has 0 atom stereocenters. The summed E-state index contributed by atoms with van der Waals surface area (Å²) in [6.07, 6.45) is 0.650.